The average Bonchev–Trinajstić information content (AvgIpc) is 2.34. The number of benzene rings is 2. The lowest BCUT2D eigenvalue weighted by Gasteiger charge is -2.18. The van der Waals surface area contributed by atoms with Gasteiger partial charge < -0.3 is 5.73 Å². The van der Waals surface area contributed by atoms with Crippen molar-refractivity contribution in [3.63, 3.8) is 0 Å². The molecule has 0 spiro atoms. The van der Waals surface area contributed by atoms with Gasteiger partial charge in [0.1, 0.15) is 5.82 Å². The van der Waals surface area contributed by atoms with Crippen LogP contribution in [0, 0.1) is 5.82 Å². The van der Waals surface area contributed by atoms with Gasteiger partial charge in [-0.05, 0) is 48.5 Å². The second-order valence-corrected chi connectivity index (χ2v) is 5.06. The molecule has 2 aromatic carbocycles. The van der Waals surface area contributed by atoms with Gasteiger partial charge in [-0.15, -0.1) is 0 Å². The second-order valence-electron chi connectivity index (χ2n) is 4.65. The van der Waals surface area contributed by atoms with Gasteiger partial charge in [-0.25, -0.2) is 4.39 Å². The third-order valence-corrected chi connectivity index (χ3v) is 3.22. The fraction of sp³-hybridized carbons (Fsp3) is 0.200. The highest BCUT2D eigenvalue weighted by molar-refractivity contribution is 6.31. The second kappa shape index (κ2) is 6.04. The van der Waals surface area contributed by atoms with Crippen molar-refractivity contribution in [2.75, 3.05) is 12.8 Å². The zero-order chi connectivity index (χ0) is 13.8. The van der Waals surface area contributed by atoms with Crippen LogP contribution in [0.15, 0.2) is 42.5 Å². The van der Waals surface area contributed by atoms with Gasteiger partial charge in [-0.2, -0.15) is 0 Å². The zero-order valence-corrected chi connectivity index (χ0v) is 11.5. The van der Waals surface area contributed by atoms with Crippen LogP contribution in [0.4, 0.5) is 10.1 Å². The van der Waals surface area contributed by atoms with E-state index in [9.17, 15) is 4.39 Å². The Balaban J connectivity index is 2.05. The van der Waals surface area contributed by atoms with Crippen LogP contribution in [0.2, 0.25) is 5.02 Å². The summed E-state index contributed by atoms with van der Waals surface area (Å²) in [5.74, 6) is -0.267. The van der Waals surface area contributed by atoms with Gasteiger partial charge in [-0.1, -0.05) is 23.7 Å². The summed E-state index contributed by atoms with van der Waals surface area (Å²) < 4.78 is 13.2. The standard InChI is InChI=1S/C15H16ClFN2/c1-19(9-11-3-2-4-14(18)7-11)10-12-8-13(17)5-6-15(12)16/h2-8H,9-10,18H2,1H3. The van der Waals surface area contributed by atoms with Crippen LogP contribution >= 0.6 is 11.6 Å². The predicted octanol–water partition coefficient (Wildman–Crippen LogP) is 3.69. The molecule has 0 saturated carbocycles. The highest BCUT2D eigenvalue weighted by atomic mass is 35.5. The first-order chi connectivity index (χ1) is 9.04. The van der Waals surface area contributed by atoms with Crippen LogP contribution in [0.5, 0.6) is 0 Å². The third-order valence-electron chi connectivity index (χ3n) is 2.85. The molecule has 2 aromatic rings. The van der Waals surface area contributed by atoms with Crippen LogP contribution in [0.1, 0.15) is 11.1 Å². The molecule has 100 valence electrons. The first-order valence-electron chi connectivity index (χ1n) is 6.01. The van der Waals surface area contributed by atoms with Crippen molar-refractivity contribution >= 4 is 17.3 Å². The Morgan fingerprint density at radius 1 is 1.16 bits per heavy atom. The van der Waals surface area contributed by atoms with Gasteiger partial charge >= 0.3 is 0 Å². The van der Waals surface area contributed by atoms with E-state index >= 15 is 0 Å². The summed E-state index contributed by atoms with van der Waals surface area (Å²) in [6.45, 7) is 1.32. The van der Waals surface area contributed by atoms with E-state index in [4.69, 9.17) is 17.3 Å². The number of hydrogen-bond donors (Lipinski definition) is 1. The molecule has 0 heterocycles. The molecule has 0 amide bonds. The van der Waals surface area contributed by atoms with Gasteiger partial charge in [0, 0.05) is 23.8 Å². The first kappa shape index (κ1) is 13.8. The summed E-state index contributed by atoms with van der Waals surface area (Å²) in [7, 11) is 1.96. The van der Waals surface area contributed by atoms with E-state index in [1.165, 1.54) is 12.1 Å². The van der Waals surface area contributed by atoms with Gasteiger partial charge in [0.15, 0.2) is 0 Å². The largest absolute Gasteiger partial charge is 0.399 e. The lowest BCUT2D eigenvalue weighted by Crippen LogP contribution is -2.17. The molecule has 0 aliphatic heterocycles. The number of halogens is 2. The SMILES string of the molecule is CN(Cc1cccc(N)c1)Cc1cc(F)ccc1Cl. The number of rotatable bonds is 4. The molecule has 0 unspecified atom stereocenters. The van der Waals surface area contributed by atoms with Crippen molar-refractivity contribution in [2.24, 2.45) is 0 Å². The molecule has 0 aliphatic rings. The Labute approximate surface area is 117 Å². The minimum Gasteiger partial charge on any atom is -0.399 e. The Morgan fingerprint density at radius 3 is 2.68 bits per heavy atom. The minimum atomic E-state index is -0.267. The molecule has 2 nitrogen and oxygen atoms in total. The molecule has 0 fully saturated rings. The lowest BCUT2D eigenvalue weighted by atomic mass is 10.1. The fourth-order valence-electron chi connectivity index (χ4n) is 2.01. The molecule has 2 rings (SSSR count). The maximum Gasteiger partial charge on any atom is 0.123 e. The van der Waals surface area contributed by atoms with Gasteiger partial charge in [0.05, 0.1) is 0 Å². The Bertz CT molecular complexity index is 572. The average molecular weight is 279 g/mol. The zero-order valence-electron chi connectivity index (χ0n) is 10.7. The van der Waals surface area contributed by atoms with Crippen molar-refractivity contribution in [2.45, 2.75) is 13.1 Å². The van der Waals surface area contributed by atoms with E-state index in [2.05, 4.69) is 4.90 Å². The smallest absolute Gasteiger partial charge is 0.123 e. The first-order valence-corrected chi connectivity index (χ1v) is 6.39. The quantitative estimate of drug-likeness (QED) is 0.864. The molecule has 0 aliphatic carbocycles. The van der Waals surface area contributed by atoms with E-state index in [1.54, 1.807) is 6.07 Å². The van der Waals surface area contributed by atoms with Crippen molar-refractivity contribution < 1.29 is 4.39 Å². The molecule has 19 heavy (non-hydrogen) atoms. The Morgan fingerprint density at radius 2 is 1.95 bits per heavy atom. The van der Waals surface area contributed by atoms with Crippen molar-refractivity contribution in [1.29, 1.82) is 0 Å². The van der Waals surface area contributed by atoms with Crippen LogP contribution in [-0.2, 0) is 13.1 Å². The molecule has 0 atom stereocenters. The van der Waals surface area contributed by atoms with Crippen LogP contribution in [0.25, 0.3) is 0 Å². The summed E-state index contributed by atoms with van der Waals surface area (Å²) in [4.78, 5) is 2.06. The summed E-state index contributed by atoms with van der Waals surface area (Å²) in [5, 5.41) is 0.584. The molecule has 4 heteroatoms. The number of hydrogen-bond acceptors (Lipinski definition) is 2. The van der Waals surface area contributed by atoms with E-state index < -0.39 is 0 Å². The van der Waals surface area contributed by atoms with E-state index in [0.29, 0.717) is 11.6 Å². The van der Waals surface area contributed by atoms with Crippen LogP contribution in [-0.4, -0.2) is 11.9 Å². The molecule has 0 aromatic heterocycles. The maximum atomic E-state index is 13.2. The normalized spacial score (nSPS) is 10.9. The number of nitrogens with two attached hydrogens (primary N) is 1. The van der Waals surface area contributed by atoms with Crippen molar-refractivity contribution in [3.05, 3.63) is 64.4 Å². The fourth-order valence-corrected chi connectivity index (χ4v) is 2.19. The van der Waals surface area contributed by atoms with Crippen LogP contribution in [0.3, 0.4) is 0 Å². The predicted molar refractivity (Wildman–Crippen MR) is 77.4 cm³/mol. The molecule has 0 saturated heterocycles. The van der Waals surface area contributed by atoms with E-state index in [0.717, 1.165) is 23.4 Å². The monoisotopic (exact) mass is 278 g/mol. The maximum absolute atomic E-state index is 13.2. The minimum absolute atomic E-state index is 0.267. The van der Waals surface area contributed by atoms with Gasteiger partial charge in [0.2, 0.25) is 0 Å². The van der Waals surface area contributed by atoms with E-state index in [-0.39, 0.29) is 5.82 Å². The molecule has 0 bridgehead atoms. The highest BCUT2D eigenvalue weighted by Crippen LogP contribution is 2.19. The van der Waals surface area contributed by atoms with Crippen molar-refractivity contribution in [1.82, 2.24) is 4.90 Å². The molecular formula is C15H16ClFN2. The summed E-state index contributed by atoms with van der Waals surface area (Å²) in [6, 6.07) is 12.1. The van der Waals surface area contributed by atoms with Gasteiger partial charge in [0.25, 0.3) is 0 Å². The molecular weight excluding hydrogens is 263 g/mol. The summed E-state index contributed by atoms with van der Waals surface area (Å²) >= 11 is 6.06. The molecule has 0 radical (unpaired) electrons. The number of nitrogens with zero attached hydrogens (tertiary/aromatic N) is 1. The van der Waals surface area contributed by atoms with Crippen LogP contribution < -0.4 is 5.73 Å². The highest BCUT2D eigenvalue weighted by Gasteiger charge is 2.07. The summed E-state index contributed by atoms with van der Waals surface area (Å²) in [5.41, 5.74) is 8.39. The van der Waals surface area contributed by atoms with E-state index in [1.807, 2.05) is 31.3 Å². The number of anilines is 1. The number of nitrogen functional groups attached to an aromatic ring is 1. The van der Waals surface area contributed by atoms with Crippen molar-refractivity contribution in [3.8, 4) is 0 Å². The lowest BCUT2D eigenvalue weighted by molar-refractivity contribution is 0.318. The summed E-state index contributed by atoms with van der Waals surface area (Å²) in [6.07, 6.45) is 0. The molecule has 2 N–H and O–H groups in total. The topological polar surface area (TPSA) is 29.3 Å². The Hall–Kier alpha value is -1.58. The van der Waals surface area contributed by atoms with Gasteiger partial charge in [-0.3, -0.25) is 4.90 Å². The third kappa shape index (κ3) is 3.94. The Kier molecular flexibility index (Phi) is 4.40.